The first-order valence-corrected chi connectivity index (χ1v) is 6.61. The lowest BCUT2D eigenvalue weighted by molar-refractivity contribution is 0.471. The van der Waals surface area contributed by atoms with E-state index >= 15 is 0 Å². The van der Waals surface area contributed by atoms with E-state index in [9.17, 15) is 0 Å². The first-order chi connectivity index (χ1) is 7.33. The van der Waals surface area contributed by atoms with Crippen molar-refractivity contribution < 1.29 is 0 Å². The number of likely N-dealkylation sites (N-methyl/N-ethyl adjacent to an activating group) is 1. The summed E-state index contributed by atoms with van der Waals surface area (Å²) in [6.45, 7) is 6.32. The molecule has 1 aromatic rings. The quantitative estimate of drug-likeness (QED) is 0.823. The van der Waals surface area contributed by atoms with Crippen LogP contribution in [-0.4, -0.2) is 24.1 Å². The van der Waals surface area contributed by atoms with Gasteiger partial charge >= 0.3 is 0 Å². The fourth-order valence-electron chi connectivity index (χ4n) is 2.06. The van der Waals surface area contributed by atoms with Crippen molar-refractivity contribution in [2.45, 2.75) is 39.2 Å². The zero-order valence-corrected chi connectivity index (χ0v) is 10.3. The molecule has 0 bridgehead atoms. The van der Waals surface area contributed by atoms with Gasteiger partial charge in [-0.25, -0.2) is 4.98 Å². The molecule has 0 spiro atoms. The molecule has 3 nitrogen and oxygen atoms in total. The molecular formula is C11H19N3S. The standard InChI is InChI=1S/C11H19N3S/c1-3-12-8-5-6-9-10(7-8)15-11(14-9)13-4-2/h8,12H,3-7H2,1-2H3,(H,13,14). The van der Waals surface area contributed by atoms with Crippen LogP contribution in [0.1, 0.15) is 30.8 Å². The number of anilines is 1. The second-order valence-corrected chi connectivity index (χ2v) is 5.00. The molecule has 1 aliphatic rings. The predicted octanol–water partition coefficient (Wildman–Crippen LogP) is 2.04. The Kier molecular flexibility index (Phi) is 3.59. The van der Waals surface area contributed by atoms with Crippen molar-refractivity contribution in [3.8, 4) is 0 Å². The Morgan fingerprint density at radius 1 is 1.40 bits per heavy atom. The second kappa shape index (κ2) is 4.94. The highest BCUT2D eigenvalue weighted by Crippen LogP contribution is 2.29. The molecule has 2 N–H and O–H groups in total. The number of aromatic nitrogens is 1. The molecular weight excluding hydrogens is 206 g/mol. The summed E-state index contributed by atoms with van der Waals surface area (Å²) in [7, 11) is 0. The Labute approximate surface area is 95.3 Å². The Morgan fingerprint density at radius 3 is 3.00 bits per heavy atom. The highest BCUT2D eigenvalue weighted by Gasteiger charge is 2.21. The van der Waals surface area contributed by atoms with Crippen LogP contribution in [0.15, 0.2) is 0 Å². The van der Waals surface area contributed by atoms with E-state index < -0.39 is 0 Å². The smallest absolute Gasteiger partial charge is 0.183 e. The molecule has 2 rings (SSSR count). The monoisotopic (exact) mass is 225 g/mol. The summed E-state index contributed by atoms with van der Waals surface area (Å²) >= 11 is 1.83. The number of thiazole rings is 1. The molecule has 0 fully saturated rings. The topological polar surface area (TPSA) is 37.0 Å². The van der Waals surface area contributed by atoms with Crippen molar-refractivity contribution in [2.75, 3.05) is 18.4 Å². The van der Waals surface area contributed by atoms with Gasteiger partial charge in [0.15, 0.2) is 5.13 Å². The van der Waals surface area contributed by atoms with Gasteiger partial charge in [0, 0.05) is 17.5 Å². The third-order valence-electron chi connectivity index (χ3n) is 2.76. The number of hydrogen-bond donors (Lipinski definition) is 2. The predicted molar refractivity (Wildman–Crippen MR) is 65.8 cm³/mol. The van der Waals surface area contributed by atoms with Gasteiger partial charge in [-0.15, -0.1) is 11.3 Å². The van der Waals surface area contributed by atoms with Crippen LogP contribution in [0.2, 0.25) is 0 Å². The molecule has 0 amide bonds. The zero-order chi connectivity index (χ0) is 10.7. The molecule has 1 heterocycles. The van der Waals surface area contributed by atoms with E-state index in [2.05, 4.69) is 29.5 Å². The molecule has 0 saturated heterocycles. The SMILES string of the molecule is CCNc1nc2c(s1)CC(NCC)CC2. The Morgan fingerprint density at radius 2 is 2.27 bits per heavy atom. The van der Waals surface area contributed by atoms with E-state index in [4.69, 9.17) is 0 Å². The maximum atomic E-state index is 4.61. The normalized spacial score (nSPS) is 20.0. The fraction of sp³-hybridized carbons (Fsp3) is 0.727. The number of aryl methyl sites for hydroxylation is 1. The summed E-state index contributed by atoms with van der Waals surface area (Å²) in [4.78, 5) is 6.09. The lowest BCUT2D eigenvalue weighted by Gasteiger charge is -2.21. The number of nitrogens with one attached hydrogen (secondary N) is 2. The molecule has 0 radical (unpaired) electrons. The van der Waals surface area contributed by atoms with Gasteiger partial charge in [-0.1, -0.05) is 6.92 Å². The first-order valence-electron chi connectivity index (χ1n) is 5.79. The van der Waals surface area contributed by atoms with Crippen LogP contribution in [0.25, 0.3) is 0 Å². The van der Waals surface area contributed by atoms with Gasteiger partial charge in [0.2, 0.25) is 0 Å². The van der Waals surface area contributed by atoms with Crippen molar-refractivity contribution in [3.63, 3.8) is 0 Å². The Bertz CT molecular complexity index is 322. The Hall–Kier alpha value is -0.610. The minimum absolute atomic E-state index is 0.664. The van der Waals surface area contributed by atoms with Crippen molar-refractivity contribution in [2.24, 2.45) is 0 Å². The molecule has 1 unspecified atom stereocenters. The van der Waals surface area contributed by atoms with Gasteiger partial charge in [0.1, 0.15) is 0 Å². The minimum atomic E-state index is 0.664. The van der Waals surface area contributed by atoms with E-state index in [0.717, 1.165) is 31.1 Å². The maximum absolute atomic E-state index is 4.61. The molecule has 0 saturated carbocycles. The molecule has 4 heteroatoms. The lowest BCUT2D eigenvalue weighted by Crippen LogP contribution is -2.33. The van der Waals surface area contributed by atoms with E-state index in [0.29, 0.717) is 6.04 Å². The molecule has 1 aliphatic carbocycles. The minimum Gasteiger partial charge on any atom is -0.362 e. The van der Waals surface area contributed by atoms with Crippen LogP contribution in [0.4, 0.5) is 5.13 Å². The largest absolute Gasteiger partial charge is 0.362 e. The van der Waals surface area contributed by atoms with Crippen molar-refractivity contribution >= 4 is 16.5 Å². The van der Waals surface area contributed by atoms with Crippen molar-refractivity contribution in [1.29, 1.82) is 0 Å². The number of hydrogen-bond acceptors (Lipinski definition) is 4. The van der Waals surface area contributed by atoms with Gasteiger partial charge in [0.05, 0.1) is 5.69 Å². The van der Waals surface area contributed by atoms with Crippen molar-refractivity contribution in [1.82, 2.24) is 10.3 Å². The van der Waals surface area contributed by atoms with Crippen LogP contribution < -0.4 is 10.6 Å². The maximum Gasteiger partial charge on any atom is 0.183 e. The highest BCUT2D eigenvalue weighted by molar-refractivity contribution is 7.15. The summed E-state index contributed by atoms with van der Waals surface area (Å²) in [5, 5.41) is 7.92. The van der Waals surface area contributed by atoms with E-state index in [1.807, 2.05) is 11.3 Å². The van der Waals surface area contributed by atoms with Crippen LogP contribution in [0, 0.1) is 0 Å². The number of fused-ring (bicyclic) bond motifs is 1. The fourth-order valence-corrected chi connectivity index (χ4v) is 3.22. The summed E-state index contributed by atoms with van der Waals surface area (Å²) in [6, 6.07) is 0.664. The van der Waals surface area contributed by atoms with E-state index in [1.54, 1.807) is 0 Å². The lowest BCUT2D eigenvalue weighted by atomic mass is 9.98. The second-order valence-electron chi connectivity index (χ2n) is 3.92. The van der Waals surface area contributed by atoms with E-state index in [-0.39, 0.29) is 0 Å². The number of rotatable bonds is 4. The summed E-state index contributed by atoms with van der Waals surface area (Å²) < 4.78 is 0. The van der Waals surface area contributed by atoms with Crippen LogP contribution in [0.5, 0.6) is 0 Å². The van der Waals surface area contributed by atoms with Gasteiger partial charge in [-0.2, -0.15) is 0 Å². The Balaban J connectivity index is 2.05. The highest BCUT2D eigenvalue weighted by atomic mass is 32.1. The van der Waals surface area contributed by atoms with Crippen LogP contribution in [-0.2, 0) is 12.8 Å². The van der Waals surface area contributed by atoms with Gasteiger partial charge in [0.25, 0.3) is 0 Å². The third-order valence-corrected chi connectivity index (χ3v) is 3.84. The molecule has 1 aromatic heterocycles. The molecule has 0 aliphatic heterocycles. The first kappa shape index (κ1) is 10.9. The zero-order valence-electron chi connectivity index (χ0n) is 9.47. The van der Waals surface area contributed by atoms with Crippen LogP contribution >= 0.6 is 11.3 Å². The van der Waals surface area contributed by atoms with Crippen molar-refractivity contribution in [3.05, 3.63) is 10.6 Å². The molecule has 0 aromatic carbocycles. The van der Waals surface area contributed by atoms with Gasteiger partial charge in [-0.05, 0) is 32.7 Å². The summed E-state index contributed by atoms with van der Waals surface area (Å²) in [5.74, 6) is 0. The average Bonchev–Trinajstić information content (AvgIpc) is 2.60. The molecule has 15 heavy (non-hydrogen) atoms. The summed E-state index contributed by atoms with van der Waals surface area (Å²) in [6.07, 6.45) is 3.53. The average molecular weight is 225 g/mol. The molecule has 84 valence electrons. The third kappa shape index (κ3) is 2.49. The van der Waals surface area contributed by atoms with E-state index in [1.165, 1.54) is 17.0 Å². The number of nitrogens with zero attached hydrogens (tertiary/aromatic N) is 1. The van der Waals surface area contributed by atoms with Crippen LogP contribution in [0.3, 0.4) is 0 Å². The van der Waals surface area contributed by atoms with Gasteiger partial charge < -0.3 is 10.6 Å². The molecule has 1 atom stereocenters. The summed E-state index contributed by atoms with van der Waals surface area (Å²) in [5.41, 5.74) is 1.32. The van der Waals surface area contributed by atoms with Gasteiger partial charge in [-0.3, -0.25) is 0 Å².